The highest BCUT2D eigenvalue weighted by Gasteiger charge is 2.25. The lowest BCUT2D eigenvalue weighted by molar-refractivity contribution is 0.0709. The molecule has 3 aromatic rings. The summed E-state index contributed by atoms with van der Waals surface area (Å²) in [7, 11) is 0. The quantitative estimate of drug-likeness (QED) is 0.742. The average Bonchev–Trinajstić information content (AvgIpc) is 3.26. The molecule has 1 amide bonds. The monoisotopic (exact) mass is 377 g/mol. The molecule has 1 aliphatic rings. The van der Waals surface area contributed by atoms with E-state index >= 15 is 0 Å². The number of amides is 1. The van der Waals surface area contributed by atoms with Crippen LogP contribution in [0.15, 0.2) is 59.4 Å². The minimum absolute atomic E-state index is 0.0189. The van der Waals surface area contributed by atoms with Gasteiger partial charge in [-0.1, -0.05) is 48.5 Å². The van der Waals surface area contributed by atoms with Gasteiger partial charge in [0.2, 0.25) is 0 Å². The van der Waals surface area contributed by atoms with Crippen molar-refractivity contribution in [2.45, 2.75) is 38.5 Å². The number of hydrogen-bond acceptors (Lipinski definition) is 4. The fourth-order valence-corrected chi connectivity index (χ4v) is 3.63. The second kappa shape index (κ2) is 7.94. The fourth-order valence-electron chi connectivity index (χ4n) is 3.63. The van der Waals surface area contributed by atoms with Crippen LogP contribution in [0.5, 0.6) is 0 Å². The molecule has 0 unspecified atom stereocenters. The minimum atomic E-state index is -0.291. The number of benzene rings is 2. The standard InChI is InChI=1S/C22H23N3O3/c1-15(19-12-7-13-28-19)23-21(26)20-17-10-5-6-11-18(17)22(27)25(24-20)14-16-8-3-2-4-9-16/h2-6,8-11,15,19H,7,12-14H2,1H3,(H,23,26)/t15-,19+/m1/s1. The highest BCUT2D eigenvalue weighted by atomic mass is 16.5. The summed E-state index contributed by atoms with van der Waals surface area (Å²) >= 11 is 0. The van der Waals surface area contributed by atoms with E-state index in [2.05, 4.69) is 10.4 Å². The molecule has 1 aliphatic heterocycles. The molecule has 1 saturated heterocycles. The van der Waals surface area contributed by atoms with Crippen molar-refractivity contribution in [2.24, 2.45) is 0 Å². The van der Waals surface area contributed by atoms with E-state index in [1.54, 1.807) is 18.2 Å². The van der Waals surface area contributed by atoms with Gasteiger partial charge in [-0.05, 0) is 31.4 Å². The van der Waals surface area contributed by atoms with Gasteiger partial charge in [-0.15, -0.1) is 0 Å². The van der Waals surface area contributed by atoms with E-state index < -0.39 is 0 Å². The molecule has 6 nitrogen and oxygen atoms in total. The Morgan fingerprint density at radius 1 is 1.18 bits per heavy atom. The molecule has 2 heterocycles. The van der Waals surface area contributed by atoms with Gasteiger partial charge in [-0.2, -0.15) is 5.10 Å². The van der Waals surface area contributed by atoms with Crippen LogP contribution in [0.2, 0.25) is 0 Å². The van der Waals surface area contributed by atoms with Gasteiger partial charge in [-0.3, -0.25) is 9.59 Å². The van der Waals surface area contributed by atoms with Crippen molar-refractivity contribution in [3.63, 3.8) is 0 Å². The van der Waals surface area contributed by atoms with E-state index in [0.29, 0.717) is 17.3 Å². The van der Waals surface area contributed by atoms with Crippen molar-refractivity contribution >= 4 is 16.7 Å². The number of rotatable bonds is 5. The lowest BCUT2D eigenvalue weighted by atomic mass is 10.1. The second-order valence-electron chi connectivity index (χ2n) is 7.16. The highest BCUT2D eigenvalue weighted by Crippen LogP contribution is 2.17. The molecule has 2 aromatic carbocycles. The van der Waals surface area contributed by atoms with Crippen molar-refractivity contribution in [2.75, 3.05) is 6.61 Å². The summed E-state index contributed by atoms with van der Waals surface area (Å²) in [5.74, 6) is -0.291. The van der Waals surface area contributed by atoms with Gasteiger partial charge in [0.25, 0.3) is 11.5 Å². The Morgan fingerprint density at radius 2 is 1.89 bits per heavy atom. The van der Waals surface area contributed by atoms with Gasteiger partial charge >= 0.3 is 0 Å². The summed E-state index contributed by atoms with van der Waals surface area (Å²) in [6.07, 6.45) is 1.96. The van der Waals surface area contributed by atoms with Crippen LogP contribution in [0.3, 0.4) is 0 Å². The van der Waals surface area contributed by atoms with Crippen LogP contribution in [0.4, 0.5) is 0 Å². The molecule has 28 heavy (non-hydrogen) atoms. The Morgan fingerprint density at radius 3 is 2.61 bits per heavy atom. The normalized spacial score (nSPS) is 17.5. The Kier molecular flexibility index (Phi) is 5.21. The Hall–Kier alpha value is -2.99. The van der Waals surface area contributed by atoms with Crippen molar-refractivity contribution in [1.82, 2.24) is 15.1 Å². The molecule has 6 heteroatoms. The number of nitrogens with one attached hydrogen (secondary N) is 1. The van der Waals surface area contributed by atoms with E-state index in [-0.39, 0.29) is 29.3 Å². The SMILES string of the molecule is C[C@@H](NC(=O)c1nn(Cc2ccccc2)c(=O)c2ccccc12)[C@@H]1CCCO1. The predicted octanol–water partition coefficient (Wildman–Crippen LogP) is 2.74. The predicted molar refractivity (Wildman–Crippen MR) is 107 cm³/mol. The first-order valence-electron chi connectivity index (χ1n) is 9.60. The molecule has 0 aliphatic carbocycles. The van der Waals surface area contributed by atoms with Gasteiger partial charge in [0, 0.05) is 12.0 Å². The third-order valence-electron chi connectivity index (χ3n) is 5.14. The number of aromatic nitrogens is 2. The maximum atomic E-state index is 13.0. The summed E-state index contributed by atoms with van der Waals surface area (Å²) in [6.45, 7) is 2.98. The summed E-state index contributed by atoms with van der Waals surface area (Å²) in [5, 5.41) is 8.48. The van der Waals surface area contributed by atoms with E-state index in [1.165, 1.54) is 4.68 Å². The first-order valence-corrected chi connectivity index (χ1v) is 9.60. The zero-order chi connectivity index (χ0) is 19.5. The van der Waals surface area contributed by atoms with Crippen molar-refractivity contribution in [3.8, 4) is 0 Å². The van der Waals surface area contributed by atoms with Crippen molar-refractivity contribution in [3.05, 3.63) is 76.2 Å². The van der Waals surface area contributed by atoms with E-state index in [9.17, 15) is 9.59 Å². The highest BCUT2D eigenvalue weighted by molar-refractivity contribution is 6.04. The summed E-state index contributed by atoms with van der Waals surface area (Å²) < 4.78 is 7.03. The first kappa shape index (κ1) is 18.4. The molecule has 1 aromatic heterocycles. The van der Waals surface area contributed by atoms with Crippen LogP contribution >= 0.6 is 0 Å². The number of hydrogen-bond donors (Lipinski definition) is 1. The lowest BCUT2D eigenvalue weighted by Gasteiger charge is -2.20. The molecule has 4 rings (SSSR count). The van der Waals surface area contributed by atoms with Crippen LogP contribution in [0.25, 0.3) is 10.8 Å². The molecule has 0 spiro atoms. The molecule has 1 fully saturated rings. The second-order valence-corrected chi connectivity index (χ2v) is 7.16. The maximum absolute atomic E-state index is 13.0. The zero-order valence-corrected chi connectivity index (χ0v) is 15.8. The molecule has 144 valence electrons. The zero-order valence-electron chi connectivity index (χ0n) is 15.8. The third kappa shape index (κ3) is 3.68. The minimum Gasteiger partial charge on any atom is -0.376 e. The number of carbonyl (C=O) groups excluding carboxylic acids is 1. The van der Waals surface area contributed by atoms with Gasteiger partial charge in [0.05, 0.1) is 24.1 Å². The van der Waals surface area contributed by atoms with E-state index in [4.69, 9.17) is 4.74 Å². The van der Waals surface area contributed by atoms with Crippen LogP contribution in [-0.2, 0) is 11.3 Å². The van der Waals surface area contributed by atoms with Gasteiger partial charge in [0.15, 0.2) is 5.69 Å². The van der Waals surface area contributed by atoms with Crippen LogP contribution in [0.1, 0.15) is 35.8 Å². The largest absolute Gasteiger partial charge is 0.376 e. The lowest BCUT2D eigenvalue weighted by Crippen LogP contribution is -2.42. The summed E-state index contributed by atoms with van der Waals surface area (Å²) in [5.41, 5.74) is 1.01. The van der Waals surface area contributed by atoms with E-state index in [1.807, 2.05) is 43.3 Å². The Bertz CT molecular complexity index is 1040. The number of fused-ring (bicyclic) bond motifs is 1. The molecular weight excluding hydrogens is 354 g/mol. The maximum Gasteiger partial charge on any atom is 0.274 e. The van der Waals surface area contributed by atoms with Gasteiger partial charge < -0.3 is 10.1 Å². The van der Waals surface area contributed by atoms with Crippen molar-refractivity contribution in [1.29, 1.82) is 0 Å². The number of nitrogens with zero attached hydrogens (tertiary/aromatic N) is 2. The summed E-state index contributed by atoms with van der Waals surface area (Å²) in [6, 6.07) is 16.6. The van der Waals surface area contributed by atoms with Gasteiger partial charge in [0.1, 0.15) is 0 Å². The molecule has 0 radical (unpaired) electrons. The topological polar surface area (TPSA) is 73.2 Å². The smallest absolute Gasteiger partial charge is 0.274 e. The van der Waals surface area contributed by atoms with Crippen LogP contribution in [0, 0.1) is 0 Å². The molecule has 0 saturated carbocycles. The number of carbonyl (C=O) groups is 1. The van der Waals surface area contributed by atoms with Crippen LogP contribution < -0.4 is 10.9 Å². The van der Waals surface area contributed by atoms with Gasteiger partial charge in [-0.25, -0.2) is 4.68 Å². The molecule has 1 N–H and O–H groups in total. The van der Waals surface area contributed by atoms with Crippen LogP contribution in [-0.4, -0.2) is 34.4 Å². The Labute approximate surface area is 163 Å². The molecular formula is C22H23N3O3. The summed E-state index contributed by atoms with van der Waals surface area (Å²) in [4.78, 5) is 25.9. The first-order chi connectivity index (χ1) is 13.6. The fraction of sp³-hybridized carbons (Fsp3) is 0.318. The molecule has 0 bridgehead atoms. The Balaban J connectivity index is 1.71. The third-order valence-corrected chi connectivity index (χ3v) is 5.14. The van der Waals surface area contributed by atoms with E-state index in [0.717, 1.165) is 25.0 Å². The molecule has 2 atom stereocenters. The average molecular weight is 377 g/mol. The number of ether oxygens (including phenoxy) is 1. The van der Waals surface area contributed by atoms with Crippen molar-refractivity contribution < 1.29 is 9.53 Å².